The number of rotatable bonds is 2. The lowest BCUT2D eigenvalue weighted by molar-refractivity contribution is -0.137. The Bertz CT molecular complexity index is 339. The molecule has 0 spiro atoms. The van der Waals surface area contributed by atoms with Crippen molar-refractivity contribution in [3.63, 3.8) is 0 Å². The summed E-state index contributed by atoms with van der Waals surface area (Å²) in [5, 5.41) is 10.2. The zero-order valence-electron chi connectivity index (χ0n) is 12.5. The maximum Gasteiger partial charge on any atom is 0.222 e. The number of hydrogen-bond acceptors (Lipinski definition) is 3. The van der Waals surface area contributed by atoms with E-state index in [2.05, 4.69) is 9.80 Å². The molecule has 2 heterocycles. The van der Waals surface area contributed by atoms with Crippen LogP contribution < -0.4 is 0 Å². The number of hydrogen-bond donors (Lipinski definition) is 1. The van der Waals surface area contributed by atoms with Crippen molar-refractivity contribution in [2.75, 3.05) is 19.6 Å². The van der Waals surface area contributed by atoms with E-state index in [9.17, 15) is 9.90 Å². The van der Waals surface area contributed by atoms with Crippen LogP contribution >= 0.6 is 0 Å². The fourth-order valence-corrected chi connectivity index (χ4v) is 4.26. The molecule has 2 atom stereocenters. The molecule has 4 heteroatoms. The highest BCUT2D eigenvalue weighted by Crippen LogP contribution is 2.28. The van der Waals surface area contributed by atoms with Crippen LogP contribution in [0, 0.1) is 0 Å². The van der Waals surface area contributed by atoms with Gasteiger partial charge in [-0.25, -0.2) is 0 Å². The summed E-state index contributed by atoms with van der Waals surface area (Å²) in [5.41, 5.74) is 0. The van der Waals surface area contributed by atoms with Gasteiger partial charge in [0.1, 0.15) is 0 Å². The van der Waals surface area contributed by atoms with Crippen LogP contribution in [0.5, 0.6) is 0 Å². The van der Waals surface area contributed by atoms with Crippen molar-refractivity contribution < 1.29 is 9.90 Å². The Morgan fingerprint density at radius 3 is 2.35 bits per heavy atom. The molecular weight excluding hydrogens is 252 g/mol. The van der Waals surface area contributed by atoms with Crippen molar-refractivity contribution in [3.05, 3.63) is 0 Å². The lowest BCUT2D eigenvalue weighted by Crippen LogP contribution is -2.53. The first-order valence-electron chi connectivity index (χ1n) is 8.47. The number of carbonyl (C=O) groups is 1. The Hall–Kier alpha value is -0.610. The normalized spacial score (nSPS) is 34.5. The third-order valence-corrected chi connectivity index (χ3v) is 5.46. The van der Waals surface area contributed by atoms with Crippen LogP contribution in [0.1, 0.15) is 57.8 Å². The van der Waals surface area contributed by atoms with Gasteiger partial charge in [-0.05, 0) is 38.5 Å². The first-order chi connectivity index (χ1) is 9.75. The van der Waals surface area contributed by atoms with Gasteiger partial charge in [0.25, 0.3) is 0 Å². The third kappa shape index (κ3) is 3.01. The predicted molar refractivity (Wildman–Crippen MR) is 78.4 cm³/mol. The molecule has 0 aromatic carbocycles. The van der Waals surface area contributed by atoms with Crippen molar-refractivity contribution in [2.45, 2.75) is 76.0 Å². The zero-order valence-corrected chi connectivity index (χ0v) is 12.5. The smallest absolute Gasteiger partial charge is 0.222 e. The Balaban J connectivity index is 1.52. The highest BCUT2D eigenvalue weighted by atomic mass is 16.3. The zero-order chi connectivity index (χ0) is 13.9. The van der Waals surface area contributed by atoms with E-state index in [0.29, 0.717) is 18.0 Å². The lowest BCUT2D eigenvalue weighted by atomic mass is 9.89. The van der Waals surface area contributed by atoms with Crippen LogP contribution in [-0.2, 0) is 4.79 Å². The van der Waals surface area contributed by atoms with Gasteiger partial charge < -0.3 is 10.0 Å². The minimum atomic E-state index is -0.128. The van der Waals surface area contributed by atoms with Gasteiger partial charge >= 0.3 is 0 Å². The second kappa shape index (κ2) is 6.44. The molecule has 2 aliphatic heterocycles. The van der Waals surface area contributed by atoms with Crippen molar-refractivity contribution in [3.8, 4) is 0 Å². The van der Waals surface area contributed by atoms with Gasteiger partial charge in [-0.2, -0.15) is 0 Å². The molecule has 1 amide bonds. The van der Waals surface area contributed by atoms with Crippen molar-refractivity contribution in [1.29, 1.82) is 0 Å². The van der Waals surface area contributed by atoms with Crippen molar-refractivity contribution in [2.24, 2.45) is 0 Å². The molecule has 1 aliphatic carbocycles. The van der Waals surface area contributed by atoms with Gasteiger partial charge in [0, 0.05) is 38.1 Å². The van der Waals surface area contributed by atoms with E-state index >= 15 is 0 Å². The Kier molecular flexibility index (Phi) is 4.61. The highest BCUT2D eigenvalue weighted by Gasteiger charge is 2.34. The number of aliphatic hydroxyl groups excluding tert-OH is 1. The van der Waals surface area contributed by atoms with Gasteiger partial charge in [-0.3, -0.25) is 9.69 Å². The molecule has 3 fully saturated rings. The van der Waals surface area contributed by atoms with Gasteiger partial charge in [0.05, 0.1) is 6.10 Å². The van der Waals surface area contributed by atoms with Crippen molar-refractivity contribution >= 4 is 5.91 Å². The van der Waals surface area contributed by atoms with E-state index in [1.807, 2.05) is 0 Å². The molecule has 114 valence electrons. The molecule has 20 heavy (non-hydrogen) atoms. The van der Waals surface area contributed by atoms with Gasteiger partial charge in [-0.1, -0.05) is 12.8 Å². The van der Waals surface area contributed by atoms with Crippen LogP contribution in [-0.4, -0.2) is 58.6 Å². The van der Waals surface area contributed by atoms with E-state index in [4.69, 9.17) is 0 Å². The number of nitrogens with zero attached hydrogens (tertiary/aromatic N) is 2. The van der Waals surface area contributed by atoms with Crippen molar-refractivity contribution in [1.82, 2.24) is 9.80 Å². The molecule has 0 radical (unpaired) electrons. The average Bonchev–Trinajstić information content (AvgIpc) is 2.49. The van der Waals surface area contributed by atoms with E-state index in [1.54, 1.807) is 0 Å². The maximum atomic E-state index is 12.0. The fraction of sp³-hybridized carbons (Fsp3) is 0.938. The molecule has 3 aliphatic rings. The summed E-state index contributed by atoms with van der Waals surface area (Å²) in [4.78, 5) is 16.6. The first-order valence-corrected chi connectivity index (χ1v) is 8.47. The summed E-state index contributed by atoms with van der Waals surface area (Å²) in [7, 11) is 0. The molecule has 1 N–H and O–H groups in total. The van der Waals surface area contributed by atoms with E-state index in [0.717, 1.165) is 58.2 Å². The largest absolute Gasteiger partial charge is 0.391 e. The summed E-state index contributed by atoms with van der Waals surface area (Å²) in [6.07, 6.45) is 9.60. The molecule has 4 nitrogen and oxygen atoms in total. The van der Waals surface area contributed by atoms with Gasteiger partial charge in [0.2, 0.25) is 5.91 Å². The summed E-state index contributed by atoms with van der Waals surface area (Å²) in [5.74, 6) is 0.368. The minimum Gasteiger partial charge on any atom is -0.391 e. The predicted octanol–water partition coefficient (Wildman–Crippen LogP) is 1.77. The maximum absolute atomic E-state index is 12.0. The number of likely N-dealkylation sites (tertiary alicyclic amines) is 2. The SMILES string of the molecule is O=C1CCCCN1C1CCN(C2CCCCC2O)CC1. The quantitative estimate of drug-likeness (QED) is 0.838. The standard InChI is InChI=1S/C16H28N2O2/c19-15-6-2-1-5-14(15)17-11-8-13(9-12-17)18-10-4-3-7-16(18)20/h13-15,19H,1-12H2. The molecule has 1 saturated carbocycles. The first kappa shape index (κ1) is 14.3. The van der Waals surface area contributed by atoms with E-state index < -0.39 is 0 Å². The Morgan fingerprint density at radius 2 is 1.65 bits per heavy atom. The Morgan fingerprint density at radius 1 is 0.900 bits per heavy atom. The van der Waals surface area contributed by atoms with E-state index in [1.165, 1.54) is 19.3 Å². The van der Waals surface area contributed by atoms with Crippen LogP contribution in [0.4, 0.5) is 0 Å². The third-order valence-electron chi connectivity index (χ3n) is 5.46. The summed E-state index contributed by atoms with van der Waals surface area (Å²) >= 11 is 0. The van der Waals surface area contributed by atoms with Crippen LogP contribution in [0.15, 0.2) is 0 Å². The summed E-state index contributed by atoms with van der Waals surface area (Å²) in [6, 6.07) is 0.835. The molecule has 0 aromatic rings. The topological polar surface area (TPSA) is 43.8 Å². The molecule has 3 rings (SSSR count). The molecular formula is C16H28N2O2. The summed E-state index contributed by atoms with van der Waals surface area (Å²) < 4.78 is 0. The summed E-state index contributed by atoms with van der Waals surface area (Å²) in [6.45, 7) is 3.07. The van der Waals surface area contributed by atoms with Gasteiger partial charge in [-0.15, -0.1) is 0 Å². The molecule has 0 aromatic heterocycles. The highest BCUT2D eigenvalue weighted by molar-refractivity contribution is 5.77. The van der Waals surface area contributed by atoms with Crippen LogP contribution in [0.2, 0.25) is 0 Å². The van der Waals surface area contributed by atoms with Crippen LogP contribution in [0.25, 0.3) is 0 Å². The molecule has 0 bridgehead atoms. The second-order valence-electron chi connectivity index (χ2n) is 6.73. The van der Waals surface area contributed by atoms with E-state index in [-0.39, 0.29) is 6.10 Å². The number of amides is 1. The fourth-order valence-electron chi connectivity index (χ4n) is 4.26. The molecule has 2 saturated heterocycles. The van der Waals surface area contributed by atoms with Crippen LogP contribution in [0.3, 0.4) is 0 Å². The average molecular weight is 280 g/mol. The lowest BCUT2D eigenvalue weighted by Gasteiger charge is -2.44. The number of aliphatic hydroxyl groups is 1. The monoisotopic (exact) mass is 280 g/mol. The Labute approximate surface area is 122 Å². The molecule has 2 unspecified atom stereocenters. The second-order valence-corrected chi connectivity index (χ2v) is 6.73. The van der Waals surface area contributed by atoms with Gasteiger partial charge in [0.15, 0.2) is 0 Å². The minimum absolute atomic E-state index is 0.128. The number of piperidine rings is 2. The number of carbonyl (C=O) groups excluding carboxylic acids is 1.